The van der Waals surface area contributed by atoms with Gasteiger partial charge in [0.2, 0.25) is 5.56 Å². The molecule has 2 rings (SSSR count). The SMILES string of the molecule is O=c1cc(B(O)OCc2ccc(Cl)c(Cl)c2)cc[nH]1. The van der Waals surface area contributed by atoms with Gasteiger partial charge < -0.3 is 14.7 Å². The summed E-state index contributed by atoms with van der Waals surface area (Å²) < 4.78 is 5.26. The third-order valence-electron chi connectivity index (χ3n) is 2.48. The first-order chi connectivity index (χ1) is 9.06. The molecule has 1 aromatic heterocycles. The lowest BCUT2D eigenvalue weighted by Gasteiger charge is -2.08. The maximum atomic E-state index is 11.1. The Bertz CT molecular complexity index is 632. The lowest BCUT2D eigenvalue weighted by atomic mass is 9.80. The van der Waals surface area contributed by atoms with Crippen LogP contribution in [0.4, 0.5) is 0 Å². The largest absolute Gasteiger partial charge is 0.491 e. The van der Waals surface area contributed by atoms with E-state index >= 15 is 0 Å². The molecule has 1 heterocycles. The number of pyridine rings is 1. The Kier molecular flexibility index (Phi) is 4.66. The summed E-state index contributed by atoms with van der Waals surface area (Å²) in [4.78, 5) is 13.6. The highest BCUT2D eigenvalue weighted by Crippen LogP contribution is 2.22. The molecule has 0 saturated heterocycles. The van der Waals surface area contributed by atoms with Gasteiger partial charge in [0.15, 0.2) is 0 Å². The number of halogens is 2. The lowest BCUT2D eigenvalue weighted by Crippen LogP contribution is -2.35. The standard InChI is InChI=1S/C12H10BCl2NO3/c14-10-2-1-8(5-11(10)15)7-19-13(18)9-3-4-16-12(17)6-9/h1-6,18H,7H2,(H,16,17). The smallest absolute Gasteiger partial charge is 0.423 e. The van der Waals surface area contributed by atoms with Crippen LogP contribution in [0.25, 0.3) is 0 Å². The zero-order valence-electron chi connectivity index (χ0n) is 9.77. The zero-order chi connectivity index (χ0) is 13.8. The average molecular weight is 298 g/mol. The first-order valence-electron chi connectivity index (χ1n) is 5.48. The first kappa shape index (κ1) is 14.2. The highest BCUT2D eigenvalue weighted by atomic mass is 35.5. The van der Waals surface area contributed by atoms with Crippen LogP contribution in [0.2, 0.25) is 10.0 Å². The van der Waals surface area contributed by atoms with Crippen LogP contribution in [0.15, 0.2) is 41.3 Å². The molecule has 0 aliphatic heterocycles. The second-order valence-electron chi connectivity index (χ2n) is 3.90. The van der Waals surface area contributed by atoms with Crippen molar-refractivity contribution in [3.8, 4) is 0 Å². The Morgan fingerprint density at radius 2 is 2.00 bits per heavy atom. The molecule has 19 heavy (non-hydrogen) atoms. The maximum absolute atomic E-state index is 11.1. The monoisotopic (exact) mass is 297 g/mol. The Labute approximate surface area is 120 Å². The van der Waals surface area contributed by atoms with Crippen LogP contribution in [0, 0.1) is 0 Å². The fourth-order valence-electron chi connectivity index (χ4n) is 1.52. The zero-order valence-corrected chi connectivity index (χ0v) is 11.3. The number of aromatic amines is 1. The molecule has 0 aliphatic rings. The van der Waals surface area contributed by atoms with Crippen LogP contribution < -0.4 is 11.0 Å². The third kappa shape index (κ3) is 3.85. The number of rotatable bonds is 4. The van der Waals surface area contributed by atoms with Crippen molar-refractivity contribution in [3.63, 3.8) is 0 Å². The van der Waals surface area contributed by atoms with E-state index in [9.17, 15) is 9.82 Å². The van der Waals surface area contributed by atoms with Crippen LogP contribution in [0.1, 0.15) is 5.56 Å². The van der Waals surface area contributed by atoms with Crippen LogP contribution in [0.5, 0.6) is 0 Å². The van der Waals surface area contributed by atoms with E-state index in [-0.39, 0.29) is 12.2 Å². The summed E-state index contributed by atoms with van der Waals surface area (Å²) in [5.74, 6) is 0. The third-order valence-corrected chi connectivity index (χ3v) is 3.22. The quantitative estimate of drug-likeness (QED) is 0.843. The second-order valence-corrected chi connectivity index (χ2v) is 4.71. The number of benzene rings is 1. The molecular formula is C12H10BCl2NO3. The van der Waals surface area contributed by atoms with Crippen molar-refractivity contribution in [2.24, 2.45) is 0 Å². The summed E-state index contributed by atoms with van der Waals surface area (Å²) in [6.07, 6.45) is 1.45. The fourth-order valence-corrected chi connectivity index (χ4v) is 1.84. The summed E-state index contributed by atoms with van der Waals surface area (Å²) in [6, 6.07) is 7.91. The van der Waals surface area contributed by atoms with Crippen LogP contribution in [-0.4, -0.2) is 17.1 Å². The van der Waals surface area contributed by atoms with Gasteiger partial charge in [0, 0.05) is 12.3 Å². The van der Waals surface area contributed by atoms with Gasteiger partial charge in [-0.05, 0) is 29.2 Å². The van der Waals surface area contributed by atoms with Gasteiger partial charge in [-0.2, -0.15) is 0 Å². The van der Waals surface area contributed by atoms with Gasteiger partial charge in [0.25, 0.3) is 0 Å². The molecule has 0 unspecified atom stereocenters. The molecule has 2 N–H and O–H groups in total. The molecule has 0 atom stereocenters. The predicted molar refractivity (Wildman–Crippen MR) is 75.9 cm³/mol. The number of nitrogens with one attached hydrogen (secondary N) is 1. The van der Waals surface area contributed by atoms with Crippen molar-refractivity contribution in [3.05, 3.63) is 62.5 Å². The summed E-state index contributed by atoms with van der Waals surface area (Å²) in [5, 5.41) is 10.7. The number of hydrogen-bond donors (Lipinski definition) is 2. The molecule has 0 fully saturated rings. The van der Waals surface area contributed by atoms with Gasteiger partial charge in [-0.3, -0.25) is 4.79 Å². The molecule has 0 radical (unpaired) electrons. The van der Waals surface area contributed by atoms with Crippen molar-refractivity contribution in [2.75, 3.05) is 0 Å². The Balaban J connectivity index is 2.02. The van der Waals surface area contributed by atoms with E-state index in [0.29, 0.717) is 15.5 Å². The fraction of sp³-hybridized carbons (Fsp3) is 0.0833. The van der Waals surface area contributed by atoms with Gasteiger partial charge >= 0.3 is 7.12 Å². The van der Waals surface area contributed by atoms with E-state index in [1.54, 1.807) is 24.3 Å². The van der Waals surface area contributed by atoms with Gasteiger partial charge in [-0.1, -0.05) is 29.3 Å². The van der Waals surface area contributed by atoms with Gasteiger partial charge in [0.1, 0.15) is 0 Å². The normalized spacial score (nSPS) is 10.5. The Hall–Kier alpha value is -1.27. The molecular weight excluding hydrogens is 288 g/mol. The molecule has 0 spiro atoms. The minimum absolute atomic E-state index is 0.158. The molecule has 0 saturated carbocycles. The minimum atomic E-state index is -1.17. The summed E-state index contributed by atoms with van der Waals surface area (Å²) >= 11 is 11.7. The van der Waals surface area contributed by atoms with Crippen LogP contribution >= 0.6 is 23.2 Å². The van der Waals surface area contributed by atoms with Gasteiger partial charge in [-0.15, -0.1) is 0 Å². The summed E-state index contributed by atoms with van der Waals surface area (Å²) in [6.45, 7) is 0.158. The second kappa shape index (κ2) is 6.26. The van der Waals surface area contributed by atoms with Gasteiger partial charge in [0.05, 0.1) is 16.7 Å². The van der Waals surface area contributed by atoms with E-state index < -0.39 is 7.12 Å². The Morgan fingerprint density at radius 3 is 2.68 bits per heavy atom. The lowest BCUT2D eigenvalue weighted by molar-refractivity contribution is 0.259. The number of hydrogen-bond acceptors (Lipinski definition) is 3. The van der Waals surface area contributed by atoms with E-state index in [0.717, 1.165) is 5.56 Å². The molecule has 7 heteroatoms. The van der Waals surface area contributed by atoms with Crippen molar-refractivity contribution in [1.82, 2.24) is 4.98 Å². The molecule has 0 aliphatic carbocycles. The maximum Gasteiger partial charge on any atom is 0.491 e. The molecule has 2 aromatic rings. The van der Waals surface area contributed by atoms with Crippen molar-refractivity contribution >= 4 is 35.8 Å². The minimum Gasteiger partial charge on any atom is -0.423 e. The summed E-state index contributed by atoms with van der Waals surface area (Å²) in [7, 11) is -1.17. The highest BCUT2D eigenvalue weighted by Gasteiger charge is 2.16. The molecule has 98 valence electrons. The van der Waals surface area contributed by atoms with Crippen molar-refractivity contribution in [2.45, 2.75) is 6.61 Å². The average Bonchev–Trinajstić information content (AvgIpc) is 2.40. The van der Waals surface area contributed by atoms with E-state index in [1.807, 2.05) is 0 Å². The van der Waals surface area contributed by atoms with Crippen LogP contribution in [-0.2, 0) is 11.3 Å². The van der Waals surface area contributed by atoms with E-state index in [2.05, 4.69) is 4.98 Å². The molecule has 4 nitrogen and oxygen atoms in total. The van der Waals surface area contributed by atoms with Crippen molar-refractivity contribution < 1.29 is 9.68 Å². The number of H-pyrrole nitrogens is 1. The van der Waals surface area contributed by atoms with Crippen molar-refractivity contribution in [1.29, 1.82) is 0 Å². The number of aromatic nitrogens is 1. The van der Waals surface area contributed by atoms with Crippen LogP contribution in [0.3, 0.4) is 0 Å². The summed E-state index contributed by atoms with van der Waals surface area (Å²) in [5.41, 5.74) is 0.872. The molecule has 0 bridgehead atoms. The van der Waals surface area contributed by atoms with E-state index in [1.165, 1.54) is 12.3 Å². The first-order valence-corrected chi connectivity index (χ1v) is 6.24. The van der Waals surface area contributed by atoms with Gasteiger partial charge in [-0.25, -0.2) is 0 Å². The molecule has 0 amide bonds. The predicted octanol–water partition coefficient (Wildman–Crippen LogP) is 1.59. The highest BCUT2D eigenvalue weighted by molar-refractivity contribution is 6.59. The van der Waals surface area contributed by atoms with E-state index in [4.69, 9.17) is 27.9 Å². The molecule has 1 aromatic carbocycles. The Morgan fingerprint density at radius 1 is 1.21 bits per heavy atom. The topological polar surface area (TPSA) is 62.3 Å².